The fraction of sp³-hybridized carbons (Fsp3) is 0.174. The van der Waals surface area contributed by atoms with Crippen molar-refractivity contribution < 1.29 is 9.53 Å². The van der Waals surface area contributed by atoms with Crippen LogP contribution in [0.1, 0.15) is 27.4 Å². The van der Waals surface area contributed by atoms with Gasteiger partial charge < -0.3 is 10.1 Å². The molecule has 0 saturated carbocycles. The Morgan fingerprint density at radius 1 is 1.00 bits per heavy atom. The zero-order chi connectivity index (χ0) is 22.7. The number of benzene rings is 2. The van der Waals surface area contributed by atoms with Gasteiger partial charge in [0, 0.05) is 6.20 Å². The second kappa shape index (κ2) is 9.46. The van der Waals surface area contributed by atoms with E-state index in [-0.39, 0.29) is 18.3 Å². The lowest BCUT2D eigenvalue weighted by molar-refractivity contribution is 0.102. The van der Waals surface area contributed by atoms with Gasteiger partial charge in [0.2, 0.25) is 0 Å². The number of anilines is 1. The van der Waals surface area contributed by atoms with Gasteiger partial charge in [0.25, 0.3) is 5.91 Å². The van der Waals surface area contributed by atoms with Crippen molar-refractivity contribution in [1.82, 2.24) is 19.6 Å². The van der Waals surface area contributed by atoms with Gasteiger partial charge in [-0.15, -0.1) is 0 Å². The molecule has 32 heavy (non-hydrogen) atoms. The monoisotopic (exact) mass is 469 g/mol. The summed E-state index contributed by atoms with van der Waals surface area (Å²) in [7, 11) is 0. The molecule has 2 aromatic carbocycles. The normalized spacial score (nSPS) is 10.9. The zero-order valence-electron chi connectivity index (χ0n) is 17.5. The SMILES string of the molecule is Cc1nn(Cc2ccccc2)c(C)c1NC(=O)c1ccn(COc2c(Cl)cccc2Cl)n1. The average Bonchev–Trinajstić information content (AvgIpc) is 3.35. The van der Waals surface area contributed by atoms with Crippen molar-refractivity contribution >= 4 is 34.8 Å². The second-order valence-corrected chi connectivity index (χ2v) is 8.02. The Labute approximate surface area is 195 Å². The zero-order valence-corrected chi connectivity index (χ0v) is 19.1. The number of para-hydroxylation sites is 1. The highest BCUT2D eigenvalue weighted by atomic mass is 35.5. The van der Waals surface area contributed by atoms with E-state index in [1.54, 1.807) is 30.5 Å². The molecule has 0 aliphatic heterocycles. The number of halogens is 2. The third-order valence-corrected chi connectivity index (χ3v) is 5.52. The minimum atomic E-state index is -0.329. The van der Waals surface area contributed by atoms with Gasteiger partial charge in [0.15, 0.2) is 18.2 Å². The Morgan fingerprint density at radius 2 is 1.72 bits per heavy atom. The maximum Gasteiger partial charge on any atom is 0.276 e. The van der Waals surface area contributed by atoms with Gasteiger partial charge in [-0.1, -0.05) is 59.6 Å². The number of rotatable bonds is 7. The molecule has 4 aromatic rings. The van der Waals surface area contributed by atoms with Crippen molar-refractivity contribution in [3.8, 4) is 5.75 Å². The lowest BCUT2D eigenvalue weighted by atomic mass is 10.2. The lowest BCUT2D eigenvalue weighted by Gasteiger charge is -2.09. The van der Waals surface area contributed by atoms with Gasteiger partial charge in [0.05, 0.1) is 33.7 Å². The largest absolute Gasteiger partial charge is 0.468 e. The first-order valence-corrected chi connectivity index (χ1v) is 10.7. The highest BCUT2D eigenvalue weighted by Crippen LogP contribution is 2.32. The highest BCUT2D eigenvalue weighted by molar-refractivity contribution is 6.37. The molecule has 0 bridgehead atoms. The number of carbonyl (C=O) groups excluding carboxylic acids is 1. The van der Waals surface area contributed by atoms with E-state index >= 15 is 0 Å². The van der Waals surface area contributed by atoms with Crippen LogP contribution in [0.15, 0.2) is 60.8 Å². The molecule has 0 unspecified atom stereocenters. The molecule has 0 radical (unpaired) electrons. The second-order valence-electron chi connectivity index (χ2n) is 7.21. The first-order chi connectivity index (χ1) is 15.4. The number of nitrogens with one attached hydrogen (secondary N) is 1. The number of hydrogen-bond acceptors (Lipinski definition) is 4. The molecule has 164 valence electrons. The molecular weight excluding hydrogens is 449 g/mol. The van der Waals surface area contributed by atoms with E-state index in [4.69, 9.17) is 27.9 Å². The molecule has 9 heteroatoms. The van der Waals surface area contributed by atoms with Crippen LogP contribution in [-0.2, 0) is 13.3 Å². The molecular formula is C23H21Cl2N5O2. The van der Waals surface area contributed by atoms with Crippen LogP contribution in [0.5, 0.6) is 5.75 Å². The lowest BCUT2D eigenvalue weighted by Crippen LogP contribution is -2.15. The van der Waals surface area contributed by atoms with Gasteiger partial charge in [-0.05, 0) is 37.6 Å². The number of aryl methyl sites for hydroxylation is 1. The molecule has 7 nitrogen and oxygen atoms in total. The minimum Gasteiger partial charge on any atom is -0.468 e. The van der Waals surface area contributed by atoms with Crippen LogP contribution >= 0.6 is 23.2 Å². The van der Waals surface area contributed by atoms with Crippen LogP contribution in [0.25, 0.3) is 0 Å². The van der Waals surface area contributed by atoms with E-state index in [1.807, 2.05) is 48.9 Å². The molecule has 4 rings (SSSR count). The van der Waals surface area contributed by atoms with Gasteiger partial charge in [-0.3, -0.25) is 9.48 Å². The number of hydrogen-bond donors (Lipinski definition) is 1. The van der Waals surface area contributed by atoms with Crippen molar-refractivity contribution in [2.24, 2.45) is 0 Å². The maximum atomic E-state index is 12.8. The van der Waals surface area contributed by atoms with Crippen molar-refractivity contribution in [3.63, 3.8) is 0 Å². The van der Waals surface area contributed by atoms with E-state index in [0.29, 0.717) is 28.0 Å². The summed E-state index contributed by atoms with van der Waals surface area (Å²) in [5, 5.41) is 12.6. The summed E-state index contributed by atoms with van der Waals surface area (Å²) < 4.78 is 9.02. The predicted molar refractivity (Wildman–Crippen MR) is 125 cm³/mol. The van der Waals surface area contributed by atoms with Crippen molar-refractivity contribution in [1.29, 1.82) is 0 Å². The standard InChI is InChI=1S/C23H21Cl2N5O2/c1-15-21(16(2)30(27-15)13-17-7-4-3-5-8-17)26-23(31)20-11-12-29(28-20)14-32-22-18(24)9-6-10-19(22)25/h3-12H,13-14H2,1-2H3,(H,26,31). The van der Waals surface area contributed by atoms with Crippen LogP contribution in [0.4, 0.5) is 5.69 Å². The Balaban J connectivity index is 1.43. The van der Waals surface area contributed by atoms with Crippen molar-refractivity contribution in [3.05, 3.63) is 93.5 Å². The third-order valence-electron chi connectivity index (χ3n) is 4.93. The fourth-order valence-electron chi connectivity index (χ4n) is 3.27. The average molecular weight is 470 g/mol. The van der Waals surface area contributed by atoms with Crippen LogP contribution in [0.3, 0.4) is 0 Å². The molecule has 0 spiro atoms. The molecule has 0 atom stereocenters. The molecule has 0 saturated heterocycles. The summed E-state index contributed by atoms with van der Waals surface area (Å²) in [6.07, 6.45) is 1.65. The molecule has 0 fully saturated rings. The Kier molecular flexibility index (Phi) is 6.48. The van der Waals surface area contributed by atoms with Gasteiger partial charge in [-0.25, -0.2) is 4.68 Å². The number of nitrogens with zero attached hydrogens (tertiary/aromatic N) is 4. The summed E-state index contributed by atoms with van der Waals surface area (Å²) in [5.74, 6) is 0.0411. The molecule has 1 N–H and O–H groups in total. The summed E-state index contributed by atoms with van der Waals surface area (Å²) in [6.45, 7) is 4.48. The number of ether oxygens (including phenoxy) is 1. The fourth-order valence-corrected chi connectivity index (χ4v) is 3.78. The summed E-state index contributed by atoms with van der Waals surface area (Å²) in [5.41, 5.74) is 3.68. The van der Waals surface area contributed by atoms with Crippen molar-refractivity contribution in [2.45, 2.75) is 27.1 Å². The highest BCUT2D eigenvalue weighted by Gasteiger charge is 2.17. The van der Waals surface area contributed by atoms with E-state index < -0.39 is 0 Å². The van der Waals surface area contributed by atoms with Crippen LogP contribution in [-0.4, -0.2) is 25.5 Å². The van der Waals surface area contributed by atoms with E-state index in [1.165, 1.54) is 4.68 Å². The van der Waals surface area contributed by atoms with Gasteiger partial charge in [0.1, 0.15) is 0 Å². The first-order valence-electron chi connectivity index (χ1n) is 9.92. The summed E-state index contributed by atoms with van der Waals surface area (Å²) in [4.78, 5) is 12.8. The van der Waals surface area contributed by atoms with E-state index in [2.05, 4.69) is 15.5 Å². The molecule has 0 aliphatic rings. The smallest absolute Gasteiger partial charge is 0.276 e. The van der Waals surface area contributed by atoms with E-state index in [0.717, 1.165) is 17.0 Å². The molecule has 2 heterocycles. The Bertz CT molecular complexity index is 1230. The third kappa shape index (κ3) is 4.79. The van der Waals surface area contributed by atoms with Crippen LogP contribution in [0.2, 0.25) is 10.0 Å². The molecule has 0 aliphatic carbocycles. The van der Waals surface area contributed by atoms with Crippen molar-refractivity contribution in [2.75, 3.05) is 5.32 Å². The van der Waals surface area contributed by atoms with Crippen LogP contribution < -0.4 is 10.1 Å². The van der Waals surface area contributed by atoms with Crippen LogP contribution in [0, 0.1) is 13.8 Å². The molecule has 2 aromatic heterocycles. The topological polar surface area (TPSA) is 74.0 Å². The predicted octanol–water partition coefficient (Wildman–Crippen LogP) is 5.34. The maximum absolute atomic E-state index is 12.8. The summed E-state index contributed by atoms with van der Waals surface area (Å²) in [6, 6.07) is 16.8. The first kappa shape index (κ1) is 21.9. The van der Waals surface area contributed by atoms with E-state index in [9.17, 15) is 4.79 Å². The number of aromatic nitrogens is 4. The Morgan fingerprint density at radius 3 is 2.44 bits per heavy atom. The number of carbonyl (C=O) groups is 1. The van der Waals surface area contributed by atoms with Gasteiger partial charge in [-0.2, -0.15) is 10.2 Å². The van der Waals surface area contributed by atoms with Gasteiger partial charge >= 0.3 is 0 Å². The Hall–Kier alpha value is -3.29. The number of amides is 1. The quantitative estimate of drug-likeness (QED) is 0.396. The molecule has 1 amide bonds. The summed E-state index contributed by atoms with van der Waals surface area (Å²) >= 11 is 12.2. The minimum absolute atomic E-state index is 0.0593.